The lowest BCUT2D eigenvalue weighted by Crippen LogP contribution is -2.04. The molecule has 3 nitrogen and oxygen atoms in total. The zero-order valence-corrected chi connectivity index (χ0v) is 11.1. The van der Waals surface area contributed by atoms with Crippen LogP contribution in [0.4, 0.5) is 0 Å². The summed E-state index contributed by atoms with van der Waals surface area (Å²) in [5.41, 5.74) is 8.80. The third-order valence-corrected chi connectivity index (χ3v) is 2.97. The van der Waals surface area contributed by atoms with Gasteiger partial charge in [-0.25, -0.2) is 4.98 Å². The van der Waals surface area contributed by atoms with E-state index in [1.807, 2.05) is 37.3 Å². The molecule has 0 aliphatic rings. The van der Waals surface area contributed by atoms with Crippen LogP contribution < -0.4 is 10.5 Å². The van der Waals surface area contributed by atoms with Gasteiger partial charge in [-0.1, -0.05) is 35.9 Å². The minimum absolute atomic E-state index is 0.0263. The van der Waals surface area contributed by atoms with Gasteiger partial charge in [0.05, 0.1) is 12.1 Å². The van der Waals surface area contributed by atoms with Gasteiger partial charge in [0, 0.05) is 17.8 Å². The Balaban J connectivity index is 2.44. The molecule has 0 radical (unpaired) electrons. The average Bonchev–Trinajstić information content (AvgIpc) is 2.39. The fraction of sp³-hybridized carbons (Fsp3) is 0.214. The first-order valence-electron chi connectivity index (χ1n) is 5.67. The number of nitrogens with two attached hydrogens (primary N) is 1. The van der Waals surface area contributed by atoms with Crippen LogP contribution in [0.1, 0.15) is 18.5 Å². The van der Waals surface area contributed by atoms with Gasteiger partial charge in [-0.15, -0.1) is 0 Å². The van der Waals surface area contributed by atoms with Crippen LogP contribution in [0.15, 0.2) is 36.5 Å². The molecular formula is C14H15ClN2O. The Kier molecular flexibility index (Phi) is 3.84. The first-order chi connectivity index (χ1) is 8.61. The van der Waals surface area contributed by atoms with Crippen molar-refractivity contribution in [2.45, 2.75) is 13.0 Å². The van der Waals surface area contributed by atoms with Crippen molar-refractivity contribution in [2.24, 2.45) is 5.73 Å². The topological polar surface area (TPSA) is 48.1 Å². The van der Waals surface area contributed by atoms with E-state index in [1.54, 1.807) is 13.3 Å². The molecule has 1 aromatic carbocycles. The van der Waals surface area contributed by atoms with Crippen LogP contribution in [0.3, 0.4) is 0 Å². The van der Waals surface area contributed by atoms with Crippen molar-refractivity contribution in [3.05, 3.63) is 47.1 Å². The molecule has 1 heterocycles. The minimum Gasteiger partial charge on any atom is -0.481 e. The molecule has 0 unspecified atom stereocenters. The molecule has 0 aliphatic carbocycles. The lowest BCUT2D eigenvalue weighted by molar-refractivity contribution is 0.399. The van der Waals surface area contributed by atoms with Gasteiger partial charge in [-0.3, -0.25) is 0 Å². The van der Waals surface area contributed by atoms with E-state index >= 15 is 0 Å². The van der Waals surface area contributed by atoms with Crippen molar-refractivity contribution in [3.8, 4) is 17.0 Å². The molecule has 0 aliphatic heterocycles. The smallest absolute Gasteiger partial charge is 0.221 e. The Hall–Kier alpha value is -1.58. The molecule has 94 valence electrons. The normalized spacial score (nSPS) is 12.2. The molecular weight excluding hydrogens is 248 g/mol. The van der Waals surface area contributed by atoms with Gasteiger partial charge in [0.15, 0.2) is 0 Å². The number of ether oxygens (including phenoxy) is 1. The Morgan fingerprint density at radius 3 is 2.50 bits per heavy atom. The molecule has 1 atom stereocenters. The van der Waals surface area contributed by atoms with E-state index in [0.29, 0.717) is 10.9 Å². The van der Waals surface area contributed by atoms with Crippen LogP contribution in [0.2, 0.25) is 5.02 Å². The highest BCUT2D eigenvalue weighted by atomic mass is 35.5. The molecule has 0 saturated heterocycles. The van der Waals surface area contributed by atoms with Gasteiger partial charge in [-0.05, 0) is 24.1 Å². The van der Waals surface area contributed by atoms with Crippen LogP contribution in [-0.2, 0) is 0 Å². The highest BCUT2D eigenvalue weighted by Crippen LogP contribution is 2.30. The van der Waals surface area contributed by atoms with Gasteiger partial charge in [-0.2, -0.15) is 0 Å². The van der Waals surface area contributed by atoms with Crippen molar-refractivity contribution in [3.63, 3.8) is 0 Å². The molecule has 18 heavy (non-hydrogen) atoms. The number of hydrogen-bond acceptors (Lipinski definition) is 3. The number of benzene rings is 1. The van der Waals surface area contributed by atoms with Crippen LogP contribution in [0.25, 0.3) is 11.1 Å². The fourth-order valence-electron chi connectivity index (χ4n) is 1.76. The molecule has 2 aromatic rings. The molecule has 0 fully saturated rings. The maximum atomic E-state index is 5.97. The van der Waals surface area contributed by atoms with Crippen molar-refractivity contribution >= 4 is 11.6 Å². The van der Waals surface area contributed by atoms with Gasteiger partial charge in [0.25, 0.3) is 0 Å². The van der Waals surface area contributed by atoms with E-state index in [1.165, 1.54) is 0 Å². The van der Waals surface area contributed by atoms with Crippen molar-refractivity contribution in [1.82, 2.24) is 4.98 Å². The maximum absolute atomic E-state index is 5.97. The second kappa shape index (κ2) is 5.38. The Bertz CT molecular complexity index is 538. The molecule has 2 rings (SSSR count). The van der Waals surface area contributed by atoms with Crippen molar-refractivity contribution < 1.29 is 4.74 Å². The van der Waals surface area contributed by atoms with Gasteiger partial charge >= 0.3 is 0 Å². The lowest BCUT2D eigenvalue weighted by Gasteiger charge is -2.10. The monoisotopic (exact) mass is 262 g/mol. The van der Waals surface area contributed by atoms with Crippen molar-refractivity contribution in [2.75, 3.05) is 7.11 Å². The summed E-state index contributed by atoms with van der Waals surface area (Å²) in [4.78, 5) is 4.15. The lowest BCUT2D eigenvalue weighted by atomic mass is 10.0. The van der Waals surface area contributed by atoms with Crippen molar-refractivity contribution in [1.29, 1.82) is 0 Å². The van der Waals surface area contributed by atoms with Crippen LogP contribution in [0.5, 0.6) is 5.88 Å². The number of aromatic nitrogens is 1. The van der Waals surface area contributed by atoms with Gasteiger partial charge in [0.2, 0.25) is 5.88 Å². The predicted molar refractivity (Wildman–Crippen MR) is 73.8 cm³/mol. The number of methoxy groups -OCH3 is 1. The first kappa shape index (κ1) is 12.9. The molecule has 4 heteroatoms. The number of pyridine rings is 1. The first-order valence-corrected chi connectivity index (χ1v) is 6.05. The maximum Gasteiger partial charge on any atom is 0.221 e. The summed E-state index contributed by atoms with van der Waals surface area (Å²) in [6.45, 7) is 1.95. The number of rotatable bonds is 3. The summed E-state index contributed by atoms with van der Waals surface area (Å²) in [6, 6.07) is 9.86. The molecule has 0 bridgehead atoms. The Labute approximate surface area is 112 Å². The third kappa shape index (κ3) is 2.63. The molecule has 2 N–H and O–H groups in total. The van der Waals surface area contributed by atoms with E-state index in [0.717, 1.165) is 16.7 Å². The number of halogens is 1. The van der Waals surface area contributed by atoms with E-state index in [2.05, 4.69) is 4.98 Å². The highest BCUT2D eigenvalue weighted by molar-refractivity contribution is 6.30. The number of nitrogens with zero attached hydrogens (tertiary/aromatic N) is 1. The predicted octanol–water partition coefficient (Wildman–Crippen LogP) is 3.43. The van der Waals surface area contributed by atoms with E-state index in [4.69, 9.17) is 22.1 Å². The summed E-state index contributed by atoms with van der Waals surface area (Å²) in [6.07, 6.45) is 1.57. The molecule has 0 amide bonds. The minimum atomic E-state index is 0.0263. The van der Waals surface area contributed by atoms with Gasteiger partial charge in [0.1, 0.15) is 0 Å². The molecule has 0 saturated carbocycles. The summed E-state index contributed by atoms with van der Waals surface area (Å²) in [5, 5.41) is 0.585. The zero-order valence-electron chi connectivity index (χ0n) is 10.4. The molecule has 0 spiro atoms. The number of hydrogen-bond donors (Lipinski definition) is 1. The fourth-order valence-corrected chi connectivity index (χ4v) is 1.92. The van der Waals surface area contributed by atoms with E-state index in [-0.39, 0.29) is 6.04 Å². The van der Waals surface area contributed by atoms with E-state index in [9.17, 15) is 0 Å². The average molecular weight is 263 g/mol. The largest absolute Gasteiger partial charge is 0.481 e. The zero-order chi connectivity index (χ0) is 13.1. The second-order valence-electron chi connectivity index (χ2n) is 4.12. The van der Waals surface area contributed by atoms with Crippen LogP contribution >= 0.6 is 11.6 Å². The van der Waals surface area contributed by atoms with Gasteiger partial charge < -0.3 is 10.5 Å². The molecule has 1 aromatic heterocycles. The third-order valence-electron chi connectivity index (χ3n) is 2.76. The SMILES string of the molecule is COc1ncc(Cl)cc1-c1ccc([C@@H](C)N)cc1. The van der Waals surface area contributed by atoms with Crippen LogP contribution in [0, 0.1) is 0 Å². The van der Waals surface area contributed by atoms with Crippen LogP contribution in [-0.4, -0.2) is 12.1 Å². The summed E-state index contributed by atoms with van der Waals surface area (Å²) in [5.74, 6) is 0.563. The summed E-state index contributed by atoms with van der Waals surface area (Å²) in [7, 11) is 1.59. The summed E-state index contributed by atoms with van der Waals surface area (Å²) < 4.78 is 5.24. The summed E-state index contributed by atoms with van der Waals surface area (Å²) >= 11 is 5.97. The highest BCUT2D eigenvalue weighted by Gasteiger charge is 2.08. The standard InChI is InChI=1S/C14H15ClN2O/c1-9(16)10-3-5-11(6-4-10)13-7-12(15)8-17-14(13)18-2/h3-9H,16H2,1-2H3/t9-/m1/s1. The quantitative estimate of drug-likeness (QED) is 0.922. The van der Waals surface area contributed by atoms with E-state index < -0.39 is 0 Å². The second-order valence-corrected chi connectivity index (χ2v) is 4.56. The Morgan fingerprint density at radius 2 is 1.94 bits per heavy atom. The Morgan fingerprint density at radius 1 is 1.28 bits per heavy atom.